The molecule has 0 aromatic rings. The molecule has 88 valence electrons. The quantitative estimate of drug-likeness (QED) is 0.747. The fourth-order valence-electron chi connectivity index (χ4n) is 3.28. The van der Waals surface area contributed by atoms with Gasteiger partial charge in [0.2, 0.25) is 0 Å². The molecule has 2 heteroatoms. The summed E-state index contributed by atoms with van der Waals surface area (Å²) in [6.45, 7) is 4.79. The lowest BCUT2D eigenvalue weighted by Gasteiger charge is -2.25. The van der Waals surface area contributed by atoms with Crippen LogP contribution in [0.3, 0.4) is 0 Å². The smallest absolute Gasteiger partial charge is 0.00792 e. The van der Waals surface area contributed by atoms with Crippen molar-refractivity contribution >= 4 is 0 Å². The van der Waals surface area contributed by atoms with Crippen LogP contribution in [-0.2, 0) is 0 Å². The molecular formula is C13H26N2. The van der Waals surface area contributed by atoms with Gasteiger partial charge in [-0.05, 0) is 43.6 Å². The molecule has 0 heterocycles. The second-order valence-electron chi connectivity index (χ2n) is 6.00. The van der Waals surface area contributed by atoms with Crippen LogP contribution in [0.5, 0.6) is 0 Å². The lowest BCUT2D eigenvalue weighted by Crippen LogP contribution is -2.37. The molecule has 2 fully saturated rings. The minimum Gasteiger partial charge on any atom is -0.327 e. The summed E-state index contributed by atoms with van der Waals surface area (Å²) in [5, 5.41) is 3.66. The van der Waals surface area contributed by atoms with Crippen molar-refractivity contribution in [3.8, 4) is 0 Å². The van der Waals surface area contributed by atoms with E-state index in [1.54, 1.807) is 0 Å². The van der Waals surface area contributed by atoms with Crippen molar-refractivity contribution in [2.75, 3.05) is 13.1 Å². The topological polar surface area (TPSA) is 38.0 Å². The Balaban J connectivity index is 1.65. The van der Waals surface area contributed by atoms with Crippen LogP contribution in [-0.4, -0.2) is 19.1 Å². The molecule has 2 nitrogen and oxygen atoms in total. The van der Waals surface area contributed by atoms with Gasteiger partial charge in [0.1, 0.15) is 0 Å². The first kappa shape index (κ1) is 11.4. The zero-order chi connectivity index (χ0) is 10.7. The zero-order valence-corrected chi connectivity index (χ0v) is 10.1. The molecule has 0 spiro atoms. The molecule has 2 unspecified atom stereocenters. The second-order valence-corrected chi connectivity index (χ2v) is 6.00. The minimum atomic E-state index is 0.467. The third-order valence-corrected chi connectivity index (χ3v) is 4.49. The van der Waals surface area contributed by atoms with Crippen molar-refractivity contribution < 1.29 is 0 Å². The summed E-state index contributed by atoms with van der Waals surface area (Å²) in [6, 6.07) is 0.467. The van der Waals surface area contributed by atoms with Crippen LogP contribution in [0.2, 0.25) is 0 Å². The second kappa shape index (κ2) is 4.84. The van der Waals surface area contributed by atoms with E-state index in [0.717, 1.165) is 12.5 Å². The van der Waals surface area contributed by atoms with Gasteiger partial charge in [-0.25, -0.2) is 0 Å². The molecule has 2 aliphatic rings. The van der Waals surface area contributed by atoms with Crippen LogP contribution in [0.15, 0.2) is 0 Å². The number of nitrogens with two attached hydrogens (primary N) is 1. The van der Waals surface area contributed by atoms with E-state index < -0.39 is 0 Å². The summed E-state index contributed by atoms with van der Waals surface area (Å²) in [5.41, 5.74) is 6.65. The summed E-state index contributed by atoms with van der Waals surface area (Å²) in [4.78, 5) is 0. The summed E-state index contributed by atoms with van der Waals surface area (Å²) >= 11 is 0. The van der Waals surface area contributed by atoms with Crippen molar-refractivity contribution in [1.82, 2.24) is 5.32 Å². The molecule has 2 saturated carbocycles. The van der Waals surface area contributed by atoms with E-state index >= 15 is 0 Å². The average molecular weight is 210 g/mol. The SMILES string of the molecule is CC1(CNCC2CCCC2N)CCCC1. The summed E-state index contributed by atoms with van der Waals surface area (Å²) < 4.78 is 0. The first-order valence-electron chi connectivity index (χ1n) is 6.66. The van der Waals surface area contributed by atoms with Gasteiger partial charge in [-0.2, -0.15) is 0 Å². The largest absolute Gasteiger partial charge is 0.327 e. The molecule has 0 bridgehead atoms. The van der Waals surface area contributed by atoms with Crippen LogP contribution in [0.4, 0.5) is 0 Å². The molecule has 15 heavy (non-hydrogen) atoms. The lowest BCUT2D eigenvalue weighted by atomic mass is 9.88. The van der Waals surface area contributed by atoms with Gasteiger partial charge in [0, 0.05) is 12.6 Å². The van der Waals surface area contributed by atoms with Crippen molar-refractivity contribution in [3.63, 3.8) is 0 Å². The maximum atomic E-state index is 6.07. The van der Waals surface area contributed by atoms with Gasteiger partial charge in [-0.1, -0.05) is 26.2 Å². The van der Waals surface area contributed by atoms with E-state index in [4.69, 9.17) is 5.73 Å². The van der Waals surface area contributed by atoms with Gasteiger partial charge in [0.15, 0.2) is 0 Å². The van der Waals surface area contributed by atoms with Gasteiger partial charge in [0.05, 0.1) is 0 Å². The van der Waals surface area contributed by atoms with E-state index in [-0.39, 0.29) is 0 Å². The van der Waals surface area contributed by atoms with Gasteiger partial charge in [-0.3, -0.25) is 0 Å². The zero-order valence-electron chi connectivity index (χ0n) is 10.1. The molecule has 3 N–H and O–H groups in total. The molecule has 0 saturated heterocycles. The number of hydrogen-bond donors (Lipinski definition) is 2. The van der Waals surface area contributed by atoms with Gasteiger partial charge in [0.25, 0.3) is 0 Å². The minimum absolute atomic E-state index is 0.467. The molecule has 0 aromatic heterocycles. The Kier molecular flexibility index (Phi) is 3.68. The predicted octanol–water partition coefficient (Wildman–Crippen LogP) is 2.28. The van der Waals surface area contributed by atoms with E-state index in [0.29, 0.717) is 11.5 Å². The number of rotatable bonds is 4. The van der Waals surface area contributed by atoms with Gasteiger partial charge in [-0.15, -0.1) is 0 Å². The maximum absolute atomic E-state index is 6.07. The normalized spacial score (nSPS) is 34.8. The van der Waals surface area contributed by atoms with Crippen LogP contribution in [0.25, 0.3) is 0 Å². The average Bonchev–Trinajstić information content (AvgIpc) is 2.78. The number of nitrogens with one attached hydrogen (secondary N) is 1. The van der Waals surface area contributed by atoms with Crippen molar-refractivity contribution in [3.05, 3.63) is 0 Å². The maximum Gasteiger partial charge on any atom is 0.00792 e. The fourth-order valence-corrected chi connectivity index (χ4v) is 3.28. The standard InChI is InChI=1S/C13H26N2/c1-13(7-2-3-8-13)10-15-9-11-5-4-6-12(11)14/h11-12,15H,2-10,14H2,1H3. The Morgan fingerprint density at radius 3 is 2.53 bits per heavy atom. The van der Waals surface area contributed by atoms with Crippen molar-refractivity contribution in [1.29, 1.82) is 0 Å². The van der Waals surface area contributed by atoms with Gasteiger partial charge >= 0.3 is 0 Å². The summed E-state index contributed by atoms with van der Waals surface area (Å²) in [6.07, 6.45) is 9.61. The highest BCUT2D eigenvalue weighted by Gasteiger charge is 2.29. The molecular weight excluding hydrogens is 184 g/mol. The highest BCUT2D eigenvalue weighted by atomic mass is 14.9. The van der Waals surface area contributed by atoms with Crippen LogP contribution in [0, 0.1) is 11.3 Å². The van der Waals surface area contributed by atoms with E-state index in [9.17, 15) is 0 Å². The highest BCUT2D eigenvalue weighted by Crippen LogP contribution is 2.36. The lowest BCUT2D eigenvalue weighted by molar-refractivity contribution is 0.300. The third-order valence-electron chi connectivity index (χ3n) is 4.49. The number of hydrogen-bond acceptors (Lipinski definition) is 2. The van der Waals surface area contributed by atoms with Crippen molar-refractivity contribution in [2.45, 2.75) is 57.9 Å². The Bertz CT molecular complexity index is 197. The Hall–Kier alpha value is -0.0800. The third kappa shape index (κ3) is 2.94. The Morgan fingerprint density at radius 1 is 1.20 bits per heavy atom. The van der Waals surface area contributed by atoms with E-state index in [1.807, 2.05) is 0 Å². The van der Waals surface area contributed by atoms with Crippen LogP contribution < -0.4 is 11.1 Å². The molecule has 2 aliphatic carbocycles. The monoisotopic (exact) mass is 210 g/mol. The molecule has 0 radical (unpaired) electrons. The molecule has 2 atom stereocenters. The first-order chi connectivity index (χ1) is 7.20. The summed E-state index contributed by atoms with van der Waals surface area (Å²) in [5.74, 6) is 0.745. The summed E-state index contributed by atoms with van der Waals surface area (Å²) in [7, 11) is 0. The molecule has 0 amide bonds. The molecule has 2 rings (SSSR count). The molecule has 0 aromatic carbocycles. The van der Waals surface area contributed by atoms with Crippen LogP contribution in [0.1, 0.15) is 51.9 Å². The predicted molar refractivity (Wildman–Crippen MR) is 64.8 cm³/mol. The Labute approximate surface area is 94.0 Å². The first-order valence-corrected chi connectivity index (χ1v) is 6.66. The van der Waals surface area contributed by atoms with Crippen molar-refractivity contribution in [2.24, 2.45) is 17.1 Å². The highest BCUT2D eigenvalue weighted by molar-refractivity contribution is 4.85. The molecule has 0 aliphatic heterocycles. The fraction of sp³-hybridized carbons (Fsp3) is 1.00. The Morgan fingerprint density at radius 2 is 1.93 bits per heavy atom. The van der Waals surface area contributed by atoms with Crippen LogP contribution >= 0.6 is 0 Å². The van der Waals surface area contributed by atoms with E-state index in [1.165, 1.54) is 51.5 Å². The van der Waals surface area contributed by atoms with E-state index in [2.05, 4.69) is 12.2 Å². The van der Waals surface area contributed by atoms with Gasteiger partial charge < -0.3 is 11.1 Å².